The van der Waals surface area contributed by atoms with E-state index >= 15 is 0 Å². The molecular weight excluding hydrogens is 606 g/mol. The summed E-state index contributed by atoms with van der Waals surface area (Å²) in [6.45, 7) is 7.81. The lowest BCUT2D eigenvalue weighted by Gasteiger charge is -2.19. The van der Waals surface area contributed by atoms with Gasteiger partial charge in [0.25, 0.3) is 0 Å². The highest BCUT2D eigenvalue weighted by molar-refractivity contribution is 5.89. The molecule has 3 atom stereocenters. The summed E-state index contributed by atoms with van der Waals surface area (Å²) in [6, 6.07) is 29.6. The van der Waals surface area contributed by atoms with Crippen LogP contribution in [-0.4, -0.2) is 37.0 Å². The van der Waals surface area contributed by atoms with Gasteiger partial charge in [0.05, 0.1) is 13.0 Å². The molecule has 0 spiro atoms. The van der Waals surface area contributed by atoms with Gasteiger partial charge in [0, 0.05) is 18.8 Å². The Morgan fingerprint density at radius 1 is 0.667 bits per heavy atom. The molecule has 0 aromatic heterocycles. The van der Waals surface area contributed by atoms with Gasteiger partial charge in [0.2, 0.25) is 0 Å². The summed E-state index contributed by atoms with van der Waals surface area (Å²) in [6.07, 6.45) is -0.461. The Labute approximate surface area is 282 Å². The highest BCUT2D eigenvalue weighted by Gasteiger charge is 2.25. The van der Waals surface area contributed by atoms with Crippen LogP contribution in [0.25, 0.3) is 11.1 Å². The van der Waals surface area contributed by atoms with E-state index in [1.165, 1.54) is 7.11 Å². The minimum atomic E-state index is -0.958. The minimum absolute atomic E-state index is 0.0504. The molecule has 0 aliphatic carbocycles. The maximum absolute atomic E-state index is 13.3. The van der Waals surface area contributed by atoms with Crippen molar-refractivity contribution < 1.29 is 33.4 Å². The van der Waals surface area contributed by atoms with Gasteiger partial charge in [0.15, 0.2) is 0 Å². The molecule has 0 heterocycles. The van der Waals surface area contributed by atoms with E-state index in [0.29, 0.717) is 0 Å². The molecule has 1 amide bonds. The Kier molecular flexibility index (Phi) is 12.7. The minimum Gasteiger partial charge on any atom is -0.467 e. The summed E-state index contributed by atoms with van der Waals surface area (Å²) in [5, 5.41) is 2.64. The number of hydrogen-bond acceptors (Lipinski definition) is 7. The lowest BCUT2D eigenvalue weighted by atomic mass is 9.86. The van der Waals surface area contributed by atoms with Gasteiger partial charge >= 0.3 is 18.0 Å². The number of benzene rings is 4. The van der Waals surface area contributed by atoms with Gasteiger partial charge in [-0.05, 0) is 58.4 Å². The standard InChI is InChI=1S/C40H43NO7/c1-26-16-18-32(22-36(39(44)46-5)41-40(45)48-25-31-14-10-7-11-15-31)21-34(26)35-23-33(19-17-27(35)2)29(4)37(42)20-28(3)38(43)47-24-30-12-8-6-9-13-30/h6-19,21,23,28-29,36H,20,22,24-25H2,1-5H3,(H,41,45)/t28-,29+,36+/m1/s1. The molecule has 0 aliphatic heterocycles. The number of methoxy groups -OCH3 is 1. The van der Waals surface area contributed by atoms with E-state index in [1.54, 1.807) is 6.92 Å². The third-order valence-electron chi connectivity index (χ3n) is 8.40. The highest BCUT2D eigenvalue weighted by Crippen LogP contribution is 2.32. The molecule has 0 unspecified atom stereocenters. The van der Waals surface area contributed by atoms with Crippen molar-refractivity contribution >= 4 is 23.8 Å². The van der Waals surface area contributed by atoms with Crippen molar-refractivity contribution in [3.63, 3.8) is 0 Å². The van der Waals surface area contributed by atoms with Crippen molar-refractivity contribution in [3.05, 3.63) is 130 Å². The zero-order valence-electron chi connectivity index (χ0n) is 28.2. The predicted molar refractivity (Wildman–Crippen MR) is 184 cm³/mol. The van der Waals surface area contributed by atoms with Crippen LogP contribution in [0.3, 0.4) is 0 Å². The number of Topliss-reactive ketones (excluding diaryl/α,β-unsaturated/α-hetero) is 1. The van der Waals surface area contributed by atoms with Crippen molar-refractivity contribution in [2.45, 2.75) is 65.7 Å². The average molecular weight is 650 g/mol. The van der Waals surface area contributed by atoms with Crippen LogP contribution < -0.4 is 5.32 Å². The van der Waals surface area contributed by atoms with E-state index in [4.69, 9.17) is 14.2 Å². The molecule has 4 aromatic rings. The molecule has 250 valence electrons. The number of esters is 2. The van der Waals surface area contributed by atoms with E-state index in [9.17, 15) is 19.2 Å². The molecule has 8 heteroatoms. The Balaban J connectivity index is 1.45. The van der Waals surface area contributed by atoms with Gasteiger partial charge in [-0.25, -0.2) is 9.59 Å². The summed E-state index contributed by atoms with van der Waals surface area (Å²) in [4.78, 5) is 51.2. The monoisotopic (exact) mass is 649 g/mol. The number of carbonyl (C=O) groups excluding carboxylic acids is 4. The first kappa shape index (κ1) is 35.6. The zero-order valence-corrected chi connectivity index (χ0v) is 28.2. The van der Waals surface area contributed by atoms with Crippen molar-refractivity contribution in [2.24, 2.45) is 5.92 Å². The van der Waals surface area contributed by atoms with Crippen molar-refractivity contribution in [1.82, 2.24) is 5.32 Å². The van der Waals surface area contributed by atoms with Gasteiger partial charge in [0.1, 0.15) is 25.0 Å². The number of rotatable bonds is 14. The number of aryl methyl sites for hydroxylation is 2. The fourth-order valence-corrected chi connectivity index (χ4v) is 5.38. The molecule has 1 N–H and O–H groups in total. The van der Waals surface area contributed by atoms with E-state index in [-0.39, 0.29) is 31.8 Å². The summed E-state index contributed by atoms with van der Waals surface area (Å²) in [5.41, 5.74) is 7.29. The van der Waals surface area contributed by atoms with E-state index in [0.717, 1.165) is 44.5 Å². The summed E-state index contributed by atoms with van der Waals surface area (Å²) in [7, 11) is 1.28. The normalized spacial score (nSPS) is 12.7. The van der Waals surface area contributed by atoms with Crippen LogP contribution in [0.4, 0.5) is 4.79 Å². The average Bonchev–Trinajstić information content (AvgIpc) is 3.10. The fourth-order valence-electron chi connectivity index (χ4n) is 5.38. The van der Waals surface area contributed by atoms with Crippen LogP contribution in [0.2, 0.25) is 0 Å². The number of ether oxygens (including phenoxy) is 3. The van der Waals surface area contributed by atoms with Gasteiger partial charge in [-0.3, -0.25) is 9.59 Å². The maximum Gasteiger partial charge on any atom is 0.408 e. The first-order chi connectivity index (χ1) is 23.0. The predicted octanol–water partition coefficient (Wildman–Crippen LogP) is 7.42. The second-order valence-corrected chi connectivity index (χ2v) is 12.1. The maximum atomic E-state index is 13.3. The van der Waals surface area contributed by atoms with Gasteiger partial charge in [-0.15, -0.1) is 0 Å². The van der Waals surface area contributed by atoms with Gasteiger partial charge in [-0.1, -0.05) is 111 Å². The zero-order chi connectivity index (χ0) is 34.6. The van der Waals surface area contributed by atoms with Gasteiger partial charge < -0.3 is 19.5 Å². The van der Waals surface area contributed by atoms with E-state index in [1.807, 2.05) is 118 Å². The molecule has 4 rings (SSSR count). The third kappa shape index (κ3) is 9.88. The number of nitrogens with one attached hydrogen (secondary N) is 1. The van der Waals surface area contributed by atoms with Crippen LogP contribution in [0.15, 0.2) is 97.1 Å². The Morgan fingerprint density at radius 2 is 1.23 bits per heavy atom. The summed E-state index contributed by atoms with van der Waals surface area (Å²) in [5.74, 6) is -2.05. The molecule has 0 aliphatic rings. The molecule has 0 bridgehead atoms. The number of alkyl carbamates (subject to hydrolysis) is 1. The largest absolute Gasteiger partial charge is 0.467 e. The molecule has 0 saturated carbocycles. The quantitative estimate of drug-likeness (QED) is 0.112. The lowest BCUT2D eigenvalue weighted by Crippen LogP contribution is -2.43. The van der Waals surface area contributed by atoms with Crippen LogP contribution in [0.1, 0.15) is 59.6 Å². The third-order valence-corrected chi connectivity index (χ3v) is 8.40. The second-order valence-electron chi connectivity index (χ2n) is 12.1. The number of amides is 1. The van der Waals surface area contributed by atoms with Crippen molar-refractivity contribution in [1.29, 1.82) is 0 Å². The van der Waals surface area contributed by atoms with E-state index < -0.39 is 35.9 Å². The molecule has 0 radical (unpaired) electrons. The SMILES string of the molecule is COC(=O)[C@H](Cc1ccc(C)c(-c2cc([C@H](C)C(=O)C[C@@H](C)C(=O)OCc3ccccc3)ccc2C)c1)NC(=O)OCc1ccccc1. The Hall–Kier alpha value is -5.24. The van der Waals surface area contributed by atoms with Crippen LogP contribution >= 0.6 is 0 Å². The topological polar surface area (TPSA) is 108 Å². The van der Waals surface area contributed by atoms with Crippen LogP contribution in [0, 0.1) is 19.8 Å². The molecule has 4 aromatic carbocycles. The number of ketones is 1. The summed E-state index contributed by atoms with van der Waals surface area (Å²) < 4.78 is 15.8. The smallest absolute Gasteiger partial charge is 0.408 e. The fraction of sp³-hybridized carbons (Fsp3) is 0.300. The first-order valence-electron chi connectivity index (χ1n) is 16.0. The molecule has 0 fully saturated rings. The first-order valence-corrected chi connectivity index (χ1v) is 16.0. The molecule has 48 heavy (non-hydrogen) atoms. The summed E-state index contributed by atoms with van der Waals surface area (Å²) >= 11 is 0. The highest BCUT2D eigenvalue weighted by atomic mass is 16.6. The van der Waals surface area contributed by atoms with Crippen LogP contribution in [-0.2, 0) is 48.2 Å². The number of carbonyl (C=O) groups is 4. The van der Waals surface area contributed by atoms with Gasteiger partial charge in [-0.2, -0.15) is 0 Å². The van der Waals surface area contributed by atoms with Crippen molar-refractivity contribution in [3.8, 4) is 11.1 Å². The molecule has 8 nitrogen and oxygen atoms in total. The van der Waals surface area contributed by atoms with E-state index in [2.05, 4.69) is 5.32 Å². The second kappa shape index (κ2) is 17.1. The lowest BCUT2D eigenvalue weighted by molar-refractivity contribution is -0.150. The molecular formula is C40H43NO7. The van der Waals surface area contributed by atoms with Crippen molar-refractivity contribution in [2.75, 3.05) is 7.11 Å². The number of hydrogen-bond donors (Lipinski definition) is 1. The van der Waals surface area contributed by atoms with Crippen LogP contribution in [0.5, 0.6) is 0 Å². The molecule has 0 saturated heterocycles. The Morgan fingerprint density at radius 3 is 1.83 bits per heavy atom. The Bertz CT molecular complexity index is 1720.